The number of ketones is 1. The lowest BCUT2D eigenvalue weighted by Crippen LogP contribution is -2.10. The van der Waals surface area contributed by atoms with Crippen LogP contribution in [0.25, 0.3) is 6.08 Å². The molecular weight excluding hydrogens is 466 g/mol. The third-order valence-electron chi connectivity index (χ3n) is 4.75. The summed E-state index contributed by atoms with van der Waals surface area (Å²) in [5.74, 6) is 1.20. The Bertz CT molecular complexity index is 1180. The first-order valence-corrected chi connectivity index (χ1v) is 10.3. The molecule has 0 saturated heterocycles. The van der Waals surface area contributed by atoms with Crippen molar-refractivity contribution >= 4 is 33.8 Å². The highest BCUT2D eigenvalue weighted by atomic mass is 79.9. The van der Waals surface area contributed by atoms with Gasteiger partial charge in [-0.3, -0.25) is 9.59 Å². The summed E-state index contributed by atoms with van der Waals surface area (Å²) in [6.07, 6.45) is 2.11. The Labute approximate surface area is 186 Å². The van der Waals surface area contributed by atoms with E-state index in [9.17, 15) is 9.59 Å². The van der Waals surface area contributed by atoms with Gasteiger partial charge in [0, 0.05) is 22.5 Å². The van der Waals surface area contributed by atoms with E-state index in [-0.39, 0.29) is 18.0 Å². The number of aromatic nitrogens is 1. The summed E-state index contributed by atoms with van der Waals surface area (Å²) in [5.41, 5.74) is 1.86. The molecule has 0 saturated carbocycles. The second-order valence-electron chi connectivity index (χ2n) is 6.87. The first kappa shape index (κ1) is 20.9. The van der Waals surface area contributed by atoms with Crippen LogP contribution in [-0.2, 0) is 11.2 Å². The average Bonchev–Trinajstić information content (AvgIpc) is 3.35. The highest BCUT2D eigenvalue weighted by Gasteiger charge is 2.30. The Hall–Kier alpha value is -3.39. The predicted octanol–water partition coefficient (Wildman–Crippen LogP) is 4.91. The van der Waals surface area contributed by atoms with Crippen molar-refractivity contribution in [1.29, 1.82) is 0 Å². The van der Waals surface area contributed by atoms with Gasteiger partial charge in [-0.25, -0.2) is 0 Å². The van der Waals surface area contributed by atoms with Crippen LogP contribution in [-0.4, -0.2) is 24.0 Å². The van der Waals surface area contributed by atoms with Gasteiger partial charge >= 0.3 is 5.97 Å². The van der Waals surface area contributed by atoms with Crippen molar-refractivity contribution in [2.45, 2.75) is 19.8 Å². The summed E-state index contributed by atoms with van der Waals surface area (Å²) in [6.45, 7) is 1.75. The molecule has 0 fully saturated rings. The van der Waals surface area contributed by atoms with E-state index in [1.807, 2.05) is 24.3 Å². The number of benzene rings is 2. The summed E-state index contributed by atoms with van der Waals surface area (Å²) in [7, 11) is 1.48. The molecule has 8 heteroatoms. The van der Waals surface area contributed by atoms with Crippen molar-refractivity contribution in [1.82, 2.24) is 5.16 Å². The molecule has 4 rings (SSSR count). The molecule has 0 unspecified atom stereocenters. The van der Waals surface area contributed by atoms with Crippen molar-refractivity contribution in [2.24, 2.45) is 0 Å². The molecule has 1 aliphatic heterocycles. The molecule has 0 bridgehead atoms. The highest BCUT2D eigenvalue weighted by Crippen LogP contribution is 2.39. The molecule has 0 atom stereocenters. The van der Waals surface area contributed by atoms with Crippen LogP contribution in [0.5, 0.6) is 17.4 Å². The Morgan fingerprint density at radius 3 is 2.68 bits per heavy atom. The second kappa shape index (κ2) is 8.77. The minimum absolute atomic E-state index is 0.101. The number of nitrogens with zero attached hydrogens (tertiary/aromatic N) is 1. The summed E-state index contributed by atoms with van der Waals surface area (Å²) in [4.78, 5) is 25.0. The van der Waals surface area contributed by atoms with Gasteiger partial charge in [0.2, 0.25) is 5.78 Å². The van der Waals surface area contributed by atoms with Crippen LogP contribution < -0.4 is 14.2 Å². The Morgan fingerprint density at radius 1 is 1.19 bits per heavy atom. The topological polar surface area (TPSA) is 87.9 Å². The van der Waals surface area contributed by atoms with Crippen LogP contribution in [0.3, 0.4) is 0 Å². The SMILES string of the molecule is COc1cc(CCC(=O)Oc2ccc3c(c2C)O/C(=C\c2ccc(Br)cc2)C3=O)on1. The fraction of sp³-hybridized carbons (Fsp3) is 0.174. The van der Waals surface area contributed by atoms with Crippen LogP contribution in [0, 0.1) is 6.92 Å². The number of halogens is 1. The van der Waals surface area contributed by atoms with Crippen LogP contribution in [0.2, 0.25) is 0 Å². The number of hydrogen-bond donors (Lipinski definition) is 0. The molecule has 3 aromatic rings. The van der Waals surface area contributed by atoms with Crippen molar-refractivity contribution in [3.63, 3.8) is 0 Å². The number of allylic oxidation sites excluding steroid dienone is 1. The molecule has 7 nitrogen and oxygen atoms in total. The normalized spacial score (nSPS) is 13.8. The van der Waals surface area contributed by atoms with Gasteiger partial charge in [0.25, 0.3) is 5.88 Å². The summed E-state index contributed by atoms with van der Waals surface area (Å²) in [5, 5.41) is 3.69. The number of ether oxygens (including phenoxy) is 3. The van der Waals surface area contributed by atoms with Crippen molar-refractivity contribution in [2.75, 3.05) is 7.11 Å². The van der Waals surface area contributed by atoms with Gasteiger partial charge in [0.1, 0.15) is 17.3 Å². The number of methoxy groups -OCH3 is 1. The number of esters is 1. The van der Waals surface area contributed by atoms with Crippen molar-refractivity contribution in [3.05, 3.63) is 75.1 Å². The lowest BCUT2D eigenvalue weighted by molar-refractivity contribution is -0.134. The van der Waals surface area contributed by atoms with Crippen molar-refractivity contribution < 1.29 is 28.3 Å². The molecule has 2 heterocycles. The van der Waals surface area contributed by atoms with Gasteiger partial charge in [-0.05, 0) is 48.0 Å². The molecule has 0 spiro atoms. The number of hydrogen-bond acceptors (Lipinski definition) is 7. The quantitative estimate of drug-likeness (QED) is 0.279. The van der Waals surface area contributed by atoms with E-state index >= 15 is 0 Å². The molecule has 2 aromatic carbocycles. The third-order valence-corrected chi connectivity index (χ3v) is 5.28. The van der Waals surface area contributed by atoms with Crippen LogP contribution in [0.15, 0.2) is 57.2 Å². The largest absolute Gasteiger partial charge is 0.479 e. The first-order chi connectivity index (χ1) is 14.9. The Balaban J connectivity index is 1.46. The van der Waals surface area contributed by atoms with E-state index in [0.29, 0.717) is 40.7 Å². The average molecular weight is 484 g/mol. The second-order valence-corrected chi connectivity index (χ2v) is 7.78. The molecule has 1 aromatic heterocycles. The molecule has 0 aliphatic carbocycles. The standard InChI is InChI=1S/C23H18BrNO6/c1-13-18(29-21(26)10-7-16-12-20(28-2)25-31-16)9-8-17-22(27)19(30-23(13)17)11-14-3-5-15(24)6-4-14/h3-6,8-9,11-12H,7,10H2,1-2H3/b19-11-. The van der Waals surface area contributed by atoms with Crippen LogP contribution in [0.1, 0.15) is 33.7 Å². The van der Waals surface area contributed by atoms with Gasteiger partial charge < -0.3 is 18.7 Å². The number of carbonyl (C=O) groups is 2. The zero-order valence-corrected chi connectivity index (χ0v) is 18.4. The molecule has 0 N–H and O–H groups in total. The number of aryl methyl sites for hydroxylation is 1. The Morgan fingerprint density at radius 2 is 1.97 bits per heavy atom. The fourth-order valence-electron chi connectivity index (χ4n) is 3.10. The first-order valence-electron chi connectivity index (χ1n) is 9.48. The zero-order valence-electron chi connectivity index (χ0n) is 16.8. The highest BCUT2D eigenvalue weighted by molar-refractivity contribution is 9.10. The van der Waals surface area contributed by atoms with E-state index < -0.39 is 5.97 Å². The Kier molecular flexibility index (Phi) is 5.90. The fourth-order valence-corrected chi connectivity index (χ4v) is 3.36. The molecule has 1 aliphatic rings. The van der Waals surface area contributed by atoms with Crippen LogP contribution in [0.4, 0.5) is 0 Å². The molecule has 158 valence electrons. The zero-order chi connectivity index (χ0) is 22.0. The van der Waals surface area contributed by atoms with E-state index in [1.54, 1.807) is 31.2 Å². The lowest BCUT2D eigenvalue weighted by atomic mass is 10.1. The molecule has 0 radical (unpaired) electrons. The number of Topliss-reactive ketones (excluding diaryl/α,β-unsaturated/α-hetero) is 1. The number of carbonyl (C=O) groups excluding carboxylic acids is 2. The minimum Gasteiger partial charge on any atom is -0.479 e. The van der Waals surface area contributed by atoms with E-state index in [0.717, 1.165) is 10.0 Å². The predicted molar refractivity (Wildman–Crippen MR) is 115 cm³/mol. The van der Waals surface area contributed by atoms with Gasteiger partial charge in [0.15, 0.2) is 5.76 Å². The molecular formula is C23H18BrNO6. The smallest absolute Gasteiger partial charge is 0.311 e. The third kappa shape index (κ3) is 4.54. The summed E-state index contributed by atoms with van der Waals surface area (Å²) < 4.78 is 22.3. The summed E-state index contributed by atoms with van der Waals surface area (Å²) in [6, 6.07) is 12.4. The maximum absolute atomic E-state index is 12.7. The monoisotopic (exact) mass is 483 g/mol. The van der Waals surface area contributed by atoms with E-state index in [2.05, 4.69) is 21.1 Å². The summed E-state index contributed by atoms with van der Waals surface area (Å²) >= 11 is 3.38. The minimum atomic E-state index is -0.437. The molecule has 31 heavy (non-hydrogen) atoms. The number of fused-ring (bicyclic) bond motifs is 1. The van der Waals surface area contributed by atoms with Crippen molar-refractivity contribution in [3.8, 4) is 17.4 Å². The van der Waals surface area contributed by atoms with Crippen LogP contribution >= 0.6 is 15.9 Å². The number of rotatable bonds is 6. The maximum Gasteiger partial charge on any atom is 0.311 e. The van der Waals surface area contributed by atoms with Gasteiger partial charge in [-0.15, -0.1) is 0 Å². The van der Waals surface area contributed by atoms with Gasteiger partial charge in [-0.1, -0.05) is 28.1 Å². The van der Waals surface area contributed by atoms with E-state index in [1.165, 1.54) is 7.11 Å². The lowest BCUT2D eigenvalue weighted by Gasteiger charge is -2.09. The molecule has 0 amide bonds. The van der Waals surface area contributed by atoms with Gasteiger partial charge in [0.05, 0.1) is 19.1 Å². The van der Waals surface area contributed by atoms with E-state index in [4.69, 9.17) is 18.7 Å². The van der Waals surface area contributed by atoms with Gasteiger partial charge in [-0.2, -0.15) is 0 Å². The maximum atomic E-state index is 12.7.